The molecule has 4 atom stereocenters. The number of nitrogens with zero attached hydrogens (tertiary/aromatic N) is 2. The number of carbonyl (C=O) groups is 1. The highest BCUT2D eigenvalue weighted by Crippen LogP contribution is 2.68. The summed E-state index contributed by atoms with van der Waals surface area (Å²) in [5, 5.41) is 0.205. The molecule has 4 unspecified atom stereocenters. The molecule has 1 fully saturated rings. The van der Waals surface area contributed by atoms with Gasteiger partial charge in [-0.15, -0.1) is 0 Å². The first-order valence-corrected chi connectivity index (χ1v) is 10.8. The lowest BCUT2D eigenvalue weighted by Gasteiger charge is -2.24. The molecule has 5 nitrogen and oxygen atoms in total. The van der Waals surface area contributed by atoms with Crippen LogP contribution in [-0.2, 0) is 9.53 Å². The highest BCUT2D eigenvalue weighted by atomic mass is 79.9. The molecule has 0 radical (unpaired) electrons. The second-order valence-corrected chi connectivity index (χ2v) is 9.46. The van der Waals surface area contributed by atoms with Crippen LogP contribution in [0.15, 0.2) is 46.0 Å². The summed E-state index contributed by atoms with van der Waals surface area (Å²) < 4.78 is 34.2. The van der Waals surface area contributed by atoms with Crippen molar-refractivity contribution in [3.63, 3.8) is 0 Å². The maximum absolute atomic E-state index is 14.7. The number of aromatic nitrogens is 1. The molecule has 4 rings (SSSR count). The van der Waals surface area contributed by atoms with E-state index in [0.717, 1.165) is 4.47 Å². The number of carbonyl (C=O) groups excluding carboxylic acids is 1. The number of methoxy groups -OCH3 is 1. The van der Waals surface area contributed by atoms with Gasteiger partial charge in [0.15, 0.2) is 5.17 Å². The van der Waals surface area contributed by atoms with Gasteiger partial charge in [0, 0.05) is 22.2 Å². The first kappa shape index (κ1) is 21.0. The minimum absolute atomic E-state index is 0.0907. The highest BCUT2D eigenvalue weighted by Gasteiger charge is 2.73. The summed E-state index contributed by atoms with van der Waals surface area (Å²) >= 11 is 4.43. The van der Waals surface area contributed by atoms with E-state index in [0.29, 0.717) is 5.56 Å². The average Bonchev–Trinajstić information content (AvgIpc) is 3.33. The number of hydrogen-bond donors (Lipinski definition) is 1. The molecule has 0 saturated heterocycles. The smallest absolute Gasteiger partial charge is 0.323 e. The fourth-order valence-corrected chi connectivity index (χ4v) is 5.70. The Bertz CT molecular complexity index is 1080. The predicted molar refractivity (Wildman–Crippen MR) is 117 cm³/mol. The molecule has 1 aromatic heterocycles. The van der Waals surface area contributed by atoms with Crippen molar-refractivity contribution in [1.82, 2.24) is 4.98 Å². The van der Waals surface area contributed by atoms with E-state index in [9.17, 15) is 13.6 Å². The lowest BCUT2D eigenvalue weighted by molar-refractivity contribution is -0.141. The largest absolute Gasteiger partial charge is 0.468 e. The lowest BCUT2D eigenvalue weighted by Crippen LogP contribution is -2.32. The van der Waals surface area contributed by atoms with Crippen LogP contribution >= 0.6 is 27.7 Å². The summed E-state index contributed by atoms with van der Waals surface area (Å²) in [7, 11) is 1.32. The summed E-state index contributed by atoms with van der Waals surface area (Å²) in [4.78, 5) is 20.9. The molecule has 156 valence electrons. The van der Waals surface area contributed by atoms with Gasteiger partial charge in [-0.05, 0) is 57.8 Å². The van der Waals surface area contributed by atoms with E-state index in [1.54, 1.807) is 12.1 Å². The average molecular weight is 494 g/mol. The van der Waals surface area contributed by atoms with E-state index in [1.165, 1.54) is 49.3 Å². The fourth-order valence-electron chi connectivity index (χ4n) is 4.05. The summed E-state index contributed by atoms with van der Waals surface area (Å²) in [6.07, 6.45) is 2.78. The Morgan fingerprint density at radius 3 is 2.80 bits per heavy atom. The highest BCUT2D eigenvalue weighted by molar-refractivity contribution is 9.10. The number of thioether (sulfide) groups is 1. The monoisotopic (exact) mass is 493 g/mol. The molecule has 1 aromatic carbocycles. The molecule has 2 aliphatic rings. The molecular formula is C21H18BrF2N3O2S. The zero-order valence-electron chi connectivity index (χ0n) is 16.1. The summed E-state index contributed by atoms with van der Waals surface area (Å²) in [5.74, 6) is -1.77. The van der Waals surface area contributed by atoms with Crippen molar-refractivity contribution in [2.24, 2.45) is 22.6 Å². The minimum Gasteiger partial charge on any atom is -0.468 e. The number of benzene rings is 1. The third kappa shape index (κ3) is 3.43. The van der Waals surface area contributed by atoms with E-state index < -0.39 is 28.4 Å². The van der Waals surface area contributed by atoms with Crippen molar-refractivity contribution in [2.45, 2.75) is 17.7 Å². The molecule has 2 heterocycles. The van der Waals surface area contributed by atoms with Gasteiger partial charge >= 0.3 is 5.97 Å². The number of hydrogen-bond acceptors (Lipinski definition) is 6. The number of ether oxygens (including phenoxy) is 1. The van der Waals surface area contributed by atoms with Crippen molar-refractivity contribution in [3.05, 3.63) is 63.6 Å². The van der Waals surface area contributed by atoms with Gasteiger partial charge < -0.3 is 10.5 Å². The minimum atomic E-state index is -0.865. The number of amidine groups is 1. The normalized spacial score (nSPS) is 27.8. The molecule has 30 heavy (non-hydrogen) atoms. The summed E-state index contributed by atoms with van der Waals surface area (Å²) in [6, 6.07) is 6.86. The number of esters is 1. The standard InChI is InChI=1S/C21H18BrF2N3O2S/c1-10-17-18(27-20(25)30-21(10,17)19(28)29-2)13-7-11(3-5-14(13)23)8-15(24)16-6-4-12(22)9-26-16/h3-10,17-18H,1-2H3,(H2,25,27)/b15-8-. The maximum Gasteiger partial charge on any atom is 0.323 e. The van der Waals surface area contributed by atoms with Crippen LogP contribution in [0.5, 0.6) is 0 Å². The number of pyridine rings is 1. The quantitative estimate of drug-likeness (QED) is 0.622. The Labute approximate surface area is 184 Å². The van der Waals surface area contributed by atoms with E-state index in [4.69, 9.17) is 10.5 Å². The van der Waals surface area contributed by atoms with Gasteiger partial charge in [-0.3, -0.25) is 14.8 Å². The van der Waals surface area contributed by atoms with Gasteiger partial charge in [0.1, 0.15) is 16.4 Å². The van der Waals surface area contributed by atoms with Crippen LogP contribution in [0.25, 0.3) is 11.9 Å². The Morgan fingerprint density at radius 1 is 1.37 bits per heavy atom. The Kier molecular flexibility index (Phi) is 5.44. The van der Waals surface area contributed by atoms with Crippen molar-refractivity contribution < 1.29 is 18.3 Å². The van der Waals surface area contributed by atoms with Crippen molar-refractivity contribution in [1.29, 1.82) is 0 Å². The Morgan fingerprint density at radius 2 is 2.13 bits per heavy atom. The third-order valence-corrected chi connectivity index (χ3v) is 7.52. The van der Waals surface area contributed by atoms with E-state index >= 15 is 0 Å². The topological polar surface area (TPSA) is 77.6 Å². The second-order valence-electron chi connectivity index (χ2n) is 7.25. The molecule has 0 amide bonds. The van der Waals surface area contributed by atoms with Crippen LogP contribution < -0.4 is 5.73 Å². The van der Waals surface area contributed by atoms with E-state index in [-0.39, 0.29) is 28.3 Å². The van der Waals surface area contributed by atoms with Gasteiger partial charge in [0.05, 0.1) is 18.8 Å². The van der Waals surface area contributed by atoms with Gasteiger partial charge in [-0.25, -0.2) is 8.78 Å². The number of nitrogens with two attached hydrogens (primary N) is 1. The van der Waals surface area contributed by atoms with Crippen molar-refractivity contribution in [2.75, 3.05) is 7.11 Å². The van der Waals surface area contributed by atoms with Crippen LogP contribution in [0.3, 0.4) is 0 Å². The van der Waals surface area contributed by atoms with Crippen LogP contribution in [0.4, 0.5) is 8.78 Å². The van der Waals surface area contributed by atoms with Crippen molar-refractivity contribution >= 4 is 50.7 Å². The summed E-state index contributed by atoms with van der Waals surface area (Å²) in [6.45, 7) is 1.90. The van der Waals surface area contributed by atoms with Gasteiger partial charge in [-0.1, -0.05) is 24.8 Å². The van der Waals surface area contributed by atoms with Gasteiger partial charge in [-0.2, -0.15) is 0 Å². The third-order valence-electron chi connectivity index (χ3n) is 5.59. The van der Waals surface area contributed by atoms with Crippen LogP contribution in [0.1, 0.15) is 29.8 Å². The number of halogens is 3. The lowest BCUT2D eigenvalue weighted by atomic mass is 9.97. The van der Waals surface area contributed by atoms with Crippen molar-refractivity contribution in [3.8, 4) is 0 Å². The first-order valence-electron chi connectivity index (χ1n) is 9.17. The number of fused-ring (bicyclic) bond motifs is 1. The van der Waals surface area contributed by atoms with Crippen LogP contribution in [0.2, 0.25) is 0 Å². The SMILES string of the molecule is COC(=O)C12SC(N)=NC(c3cc(/C=C(\F)c4ccc(Br)cn4)ccc3F)C1C2C. The molecular weight excluding hydrogens is 476 g/mol. The molecule has 1 aliphatic carbocycles. The van der Waals surface area contributed by atoms with E-state index in [2.05, 4.69) is 25.9 Å². The van der Waals surface area contributed by atoms with E-state index in [1.807, 2.05) is 6.92 Å². The molecule has 9 heteroatoms. The van der Waals surface area contributed by atoms with Crippen LogP contribution in [0, 0.1) is 17.7 Å². The van der Waals surface area contributed by atoms with Crippen LogP contribution in [-0.4, -0.2) is 28.0 Å². The molecule has 1 aliphatic heterocycles. The molecule has 0 bridgehead atoms. The maximum atomic E-state index is 14.7. The first-order chi connectivity index (χ1) is 14.3. The predicted octanol–water partition coefficient (Wildman–Crippen LogP) is 4.73. The second kappa shape index (κ2) is 7.77. The van der Waals surface area contributed by atoms with Gasteiger partial charge in [0.25, 0.3) is 0 Å². The van der Waals surface area contributed by atoms with Gasteiger partial charge in [0.2, 0.25) is 0 Å². The molecule has 2 N–H and O–H groups in total. The molecule has 0 spiro atoms. The Balaban J connectivity index is 1.70. The zero-order valence-corrected chi connectivity index (χ0v) is 18.5. The molecule has 1 saturated carbocycles. The fraction of sp³-hybridized carbons (Fsp3) is 0.286. The Hall–Kier alpha value is -2.26. The molecule has 2 aromatic rings. The summed E-state index contributed by atoms with van der Waals surface area (Å²) in [5.41, 5.74) is 6.87. The number of aliphatic imine (C=N–C) groups is 1. The number of rotatable bonds is 4. The zero-order chi connectivity index (χ0) is 21.6.